The first kappa shape index (κ1) is 19.5. The number of hydrogen-bond donors (Lipinski definition) is 0. The van der Waals surface area contributed by atoms with Gasteiger partial charge in [-0.3, -0.25) is 4.98 Å². The Balaban J connectivity index is 1.93. The number of pyridine rings is 1. The Morgan fingerprint density at radius 2 is 1.84 bits per heavy atom. The third-order valence-electron chi connectivity index (χ3n) is 3.95. The second kappa shape index (κ2) is 6.80. The van der Waals surface area contributed by atoms with Crippen LogP contribution in [-0.2, 0) is 17.3 Å². The standard InChI is InChI=1S/C17H22F4N2O2/c1-15(2,3)25-14(24)23-8-6-16(18,7-9-23)10-12-4-5-13(22-11-12)17(19,20)21/h4-5,11H,6-10H2,1-3H3. The molecule has 0 N–H and O–H groups in total. The van der Waals surface area contributed by atoms with Gasteiger partial charge in [-0.1, -0.05) is 6.07 Å². The Bertz CT molecular complexity index is 601. The molecule has 1 aliphatic rings. The van der Waals surface area contributed by atoms with Gasteiger partial charge in [-0.05, 0) is 45.2 Å². The minimum Gasteiger partial charge on any atom is -0.444 e. The molecule has 2 rings (SSSR count). The Labute approximate surface area is 144 Å². The predicted molar refractivity (Wildman–Crippen MR) is 83.8 cm³/mol. The van der Waals surface area contributed by atoms with Crippen molar-refractivity contribution in [3.05, 3.63) is 29.6 Å². The van der Waals surface area contributed by atoms with Gasteiger partial charge in [0.1, 0.15) is 17.0 Å². The highest BCUT2D eigenvalue weighted by atomic mass is 19.4. The number of nitrogens with zero attached hydrogens (tertiary/aromatic N) is 2. The van der Waals surface area contributed by atoms with Crippen molar-refractivity contribution < 1.29 is 27.1 Å². The van der Waals surface area contributed by atoms with Gasteiger partial charge < -0.3 is 9.64 Å². The number of piperidine rings is 1. The van der Waals surface area contributed by atoms with Crippen molar-refractivity contribution >= 4 is 6.09 Å². The van der Waals surface area contributed by atoms with E-state index in [0.717, 1.165) is 12.3 Å². The number of carbonyl (C=O) groups is 1. The molecule has 1 aromatic rings. The van der Waals surface area contributed by atoms with Gasteiger partial charge in [0, 0.05) is 25.7 Å². The molecule has 0 atom stereocenters. The van der Waals surface area contributed by atoms with E-state index < -0.39 is 29.2 Å². The molecule has 1 aromatic heterocycles. The molecule has 1 aliphatic heterocycles. The van der Waals surface area contributed by atoms with Crippen molar-refractivity contribution in [1.29, 1.82) is 0 Å². The smallest absolute Gasteiger partial charge is 0.433 e. The van der Waals surface area contributed by atoms with Gasteiger partial charge in [-0.2, -0.15) is 13.2 Å². The van der Waals surface area contributed by atoms with Gasteiger partial charge in [0.2, 0.25) is 0 Å². The Kier molecular flexibility index (Phi) is 5.30. The summed E-state index contributed by atoms with van der Waals surface area (Å²) in [6.45, 7) is 5.68. The average Bonchev–Trinajstić information content (AvgIpc) is 2.45. The van der Waals surface area contributed by atoms with Crippen molar-refractivity contribution in [2.24, 2.45) is 0 Å². The van der Waals surface area contributed by atoms with Crippen molar-refractivity contribution in [3.63, 3.8) is 0 Å². The highest BCUT2D eigenvalue weighted by Gasteiger charge is 2.38. The lowest BCUT2D eigenvalue weighted by Crippen LogP contribution is -2.47. The molecule has 0 radical (unpaired) electrons. The highest BCUT2D eigenvalue weighted by molar-refractivity contribution is 5.68. The summed E-state index contributed by atoms with van der Waals surface area (Å²) < 4.78 is 57.7. The summed E-state index contributed by atoms with van der Waals surface area (Å²) in [7, 11) is 0. The maximum absolute atomic E-state index is 14.9. The number of ether oxygens (including phenoxy) is 1. The van der Waals surface area contributed by atoms with Gasteiger partial charge in [0.25, 0.3) is 0 Å². The topological polar surface area (TPSA) is 42.4 Å². The van der Waals surface area contributed by atoms with E-state index in [9.17, 15) is 22.4 Å². The summed E-state index contributed by atoms with van der Waals surface area (Å²) >= 11 is 0. The molecule has 0 unspecified atom stereocenters. The summed E-state index contributed by atoms with van der Waals surface area (Å²) in [5.74, 6) is 0. The molecule has 1 saturated heterocycles. The quantitative estimate of drug-likeness (QED) is 0.733. The molecule has 8 heteroatoms. The Morgan fingerprint density at radius 3 is 2.28 bits per heavy atom. The van der Waals surface area contributed by atoms with Crippen LogP contribution in [0, 0.1) is 0 Å². The van der Waals surface area contributed by atoms with E-state index in [1.807, 2.05) is 0 Å². The molecule has 2 heterocycles. The summed E-state index contributed by atoms with van der Waals surface area (Å²) in [6.07, 6.45) is -3.75. The van der Waals surface area contributed by atoms with Gasteiger partial charge in [0.15, 0.2) is 0 Å². The van der Waals surface area contributed by atoms with Crippen LogP contribution in [0.25, 0.3) is 0 Å². The SMILES string of the molecule is CC(C)(C)OC(=O)N1CCC(F)(Cc2ccc(C(F)(F)F)nc2)CC1. The van der Waals surface area contributed by atoms with Crippen LogP contribution in [0.2, 0.25) is 0 Å². The van der Waals surface area contributed by atoms with Crippen LogP contribution >= 0.6 is 0 Å². The first-order chi connectivity index (χ1) is 11.4. The van der Waals surface area contributed by atoms with E-state index in [2.05, 4.69) is 4.98 Å². The lowest BCUT2D eigenvalue weighted by molar-refractivity contribution is -0.141. The fourth-order valence-corrected chi connectivity index (χ4v) is 2.66. The number of aromatic nitrogens is 1. The van der Waals surface area contributed by atoms with Crippen LogP contribution in [0.5, 0.6) is 0 Å². The summed E-state index contributed by atoms with van der Waals surface area (Å²) in [4.78, 5) is 16.8. The maximum atomic E-state index is 14.9. The largest absolute Gasteiger partial charge is 0.444 e. The molecule has 1 amide bonds. The molecule has 0 spiro atoms. The van der Waals surface area contributed by atoms with Crippen molar-refractivity contribution in [3.8, 4) is 0 Å². The fourth-order valence-electron chi connectivity index (χ4n) is 2.66. The Hall–Kier alpha value is -1.86. The van der Waals surface area contributed by atoms with E-state index in [0.29, 0.717) is 5.56 Å². The van der Waals surface area contributed by atoms with Crippen molar-refractivity contribution in [2.75, 3.05) is 13.1 Å². The molecule has 0 bridgehead atoms. The van der Waals surface area contributed by atoms with Crippen LogP contribution in [-0.4, -0.2) is 40.3 Å². The number of halogens is 4. The van der Waals surface area contributed by atoms with Crippen LogP contribution in [0.3, 0.4) is 0 Å². The molecule has 0 aliphatic carbocycles. The van der Waals surface area contributed by atoms with E-state index in [4.69, 9.17) is 4.74 Å². The Morgan fingerprint density at radius 1 is 1.24 bits per heavy atom. The third-order valence-corrected chi connectivity index (χ3v) is 3.95. The van der Waals surface area contributed by atoms with Gasteiger partial charge in [-0.25, -0.2) is 9.18 Å². The average molecular weight is 362 g/mol. The summed E-state index contributed by atoms with van der Waals surface area (Å²) in [5.41, 5.74) is -2.78. The van der Waals surface area contributed by atoms with Crippen LogP contribution < -0.4 is 0 Å². The normalized spacial score (nSPS) is 18.1. The van der Waals surface area contributed by atoms with E-state index in [-0.39, 0.29) is 32.4 Å². The highest BCUT2D eigenvalue weighted by Crippen LogP contribution is 2.32. The zero-order chi connectivity index (χ0) is 18.9. The molecule has 25 heavy (non-hydrogen) atoms. The zero-order valence-corrected chi connectivity index (χ0v) is 14.5. The summed E-state index contributed by atoms with van der Waals surface area (Å²) in [6, 6.07) is 2.10. The number of rotatable bonds is 2. The van der Waals surface area contributed by atoms with E-state index in [1.165, 1.54) is 11.0 Å². The van der Waals surface area contributed by atoms with Gasteiger partial charge in [-0.15, -0.1) is 0 Å². The minimum atomic E-state index is -4.51. The second-order valence-corrected chi connectivity index (χ2v) is 7.34. The predicted octanol–water partition coefficient (Wildman–Crippen LogP) is 4.38. The molecule has 4 nitrogen and oxygen atoms in total. The summed E-state index contributed by atoms with van der Waals surface area (Å²) in [5, 5.41) is 0. The molecular formula is C17H22F4N2O2. The fraction of sp³-hybridized carbons (Fsp3) is 0.647. The van der Waals surface area contributed by atoms with E-state index in [1.54, 1.807) is 20.8 Å². The first-order valence-electron chi connectivity index (χ1n) is 8.07. The number of likely N-dealkylation sites (tertiary alicyclic amines) is 1. The maximum Gasteiger partial charge on any atom is 0.433 e. The number of carbonyl (C=O) groups excluding carboxylic acids is 1. The molecule has 0 saturated carbocycles. The monoisotopic (exact) mass is 362 g/mol. The number of hydrogen-bond acceptors (Lipinski definition) is 3. The zero-order valence-electron chi connectivity index (χ0n) is 14.5. The van der Waals surface area contributed by atoms with Crippen LogP contribution in [0.1, 0.15) is 44.9 Å². The number of amides is 1. The molecule has 0 aromatic carbocycles. The van der Waals surface area contributed by atoms with Crippen molar-refractivity contribution in [1.82, 2.24) is 9.88 Å². The molecule has 140 valence electrons. The van der Waals surface area contributed by atoms with Crippen molar-refractivity contribution in [2.45, 2.75) is 57.5 Å². The van der Waals surface area contributed by atoms with Crippen LogP contribution in [0.15, 0.2) is 18.3 Å². The van der Waals surface area contributed by atoms with Crippen LogP contribution in [0.4, 0.5) is 22.4 Å². The van der Waals surface area contributed by atoms with Gasteiger partial charge in [0.05, 0.1) is 0 Å². The lowest BCUT2D eigenvalue weighted by atomic mass is 9.87. The van der Waals surface area contributed by atoms with E-state index >= 15 is 0 Å². The molecule has 1 fully saturated rings. The third kappa shape index (κ3) is 5.57. The number of alkyl halides is 4. The second-order valence-electron chi connectivity index (χ2n) is 7.34. The first-order valence-corrected chi connectivity index (χ1v) is 8.07. The van der Waals surface area contributed by atoms with Gasteiger partial charge >= 0.3 is 12.3 Å². The minimum absolute atomic E-state index is 0.0275. The molecular weight excluding hydrogens is 340 g/mol. The lowest BCUT2D eigenvalue weighted by Gasteiger charge is -2.37.